The van der Waals surface area contributed by atoms with Crippen LogP contribution in [0.2, 0.25) is 0 Å². The van der Waals surface area contributed by atoms with E-state index in [1.54, 1.807) is 6.07 Å². The quantitative estimate of drug-likeness (QED) is 0.575. The van der Waals surface area contributed by atoms with Gasteiger partial charge in [0.15, 0.2) is 5.78 Å². The first-order valence-corrected chi connectivity index (χ1v) is 4.74. The highest BCUT2D eigenvalue weighted by molar-refractivity contribution is 6.10. The molecule has 4 heteroatoms. The Balaban J connectivity index is 3.05. The van der Waals surface area contributed by atoms with Crippen LogP contribution in [-0.2, 0) is 4.79 Å². The van der Waals surface area contributed by atoms with Crippen LogP contribution < -0.4 is 0 Å². The number of rotatable bonds is 4. The third-order valence-corrected chi connectivity index (χ3v) is 2.24. The van der Waals surface area contributed by atoms with Crippen LogP contribution in [0.3, 0.4) is 0 Å². The third-order valence-electron chi connectivity index (χ3n) is 2.24. The molecule has 0 N–H and O–H groups in total. The maximum absolute atomic E-state index is 13.3. The minimum atomic E-state index is -1.07. The van der Waals surface area contributed by atoms with Gasteiger partial charge >= 0.3 is 0 Å². The Morgan fingerprint density at radius 1 is 1.44 bits per heavy atom. The monoisotopic (exact) mass is 219 g/mol. The molecule has 0 saturated carbocycles. The Bertz CT molecular complexity index is 462. The highest BCUT2D eigenvalue weighted by atomic mass is 19.1. The Kier molecular flexibility index (Phi) is 3.90. The van der Waals surface area contributed by atoms with Crippen LogP contribution in [0.1, 0.15) is 23.7 Å². The van der Waals surface area contributed by atoms with E-state index in [1.807, 2.05) is 0 Å². The predicted octanol–water partition coefficient (Wildman–Crippen LogP) is 2.13. The molecule has 0 fully saturated rings. The van der Waals surface area contributed by atoms with Crippen molar-refractivity contribution in [2.24, 2.45) is 5.92 Å². The van der Waals surface area contributed by atoms with E-state index in [4.69, 9.17) is 5.26 Å². The van der Waals surface area contributed by atoms with Gasteiger partial charge in [0.2, 0.25) is 0 Å². The molecule has 0 saturated heterocycles. The van der Waals surface area contributed by atoms with E-state index in [9.17, 15) is 14.0 Å². The standard InChI is InChI=1S/C12H10FNO2/c1-8(15)9(6-7-14)12(16)10-4-2-3-5-11(10)13/h2-5,9H,6H2,1H3. The van der Waals surface area contributed by atoms with Crippen LogP contribution in [0.15, 0.2) is 24.3 Å². The molecule has 1 unspecified atom stereocenters. The summed E-state index contributed by atoms with van der Waals surface area (Å²) in [4.78, 5) is 23.0. The zero-order valence-corrected chi connectivity index (χ0v) is 8.74. The molecule has 3 nitrogen and oxygen atoms in total. The molecule has 0 aliphatic heterocycles. The van der Waals surface area contributed by atoms with E-state index < -0.39 is 23.3 Å². The molecule has 82 valence electrons. The molecule has 0 aromatic heterocycles. The van der Waals surface area contributed by atoms with E-state index in [0.717, 1.165) is 6.07 Å². The topological polar surface area (TPSA) is 57.9 Å². The number of ketones is 2. The Labute approximate surface area is 92.5 Å². The number of benzene rings is 1. The van der Waals surface area contributed by atoms with Crippen molar-refractivity contribution in [2.75, 3.05) is 0 Å². The van der Waals surface area contributed by atoms with Gasteiger partial charge in [-0.2, -0.15) is 5.26 Å². The molecule has 1 atom stereocenters. The molecule has 0 spiro atoms. The lowest BCUT2D eigenvalue weighted by atomic mass is 9.92. The van der Waals surface area contributed by atoms with Crippen LogP contribution in [0, 0.1) is 23.1 Å². The van der Waals surface area contributed by atoms with Gasteiger partial charge in [0.1, 0.15) is 11.6 Å². The summed E-state index contributed by atoms with van der Waals surface area (Å²) >= 11 is 0. The summed E-state index contributed by atoms with van der Waals surface area (Å²) in [5.74, 6) is -2.79. The zero-order valence-electron chi connectivity index (χ0n) is 8.74. The number of nitriles is 1. The normalized spacial score (nSPS) is 11.6. The van der Waals surface area contributed by atoms with Crippen LogP contribution in [0.4, 0.5) is 4.39 Å². The fraction of sp³-hybridized carbons (Fsp3) is 0.250. The number of carbonyl (C=O) groups excluding carboxylic acids is 2. The summed E-state index contributed by atoms with van der Waals surface area (Å²) in [6.07, 6.45) is -0.220. The first-order valence-electron chi connectivity index (χ1n) is 4.74. The van der Waals surface area contributed by atoms with Crippen molar-refractivity contribution in [2.45, 2.75) is 13.3 Å². The largest absolute Gasteiger partial charge is 0.299 e. The lowest BCUT2D eigenvalue weighted by molar-refractivity contribution is -0.119. The van der Waals surface area contributed by atoms with Crippen molar-refractivity contribution in [1.82, 2.24) is 0 Å². The molecule has 0 bridgehead atoms. The maximum Gasteiger partial charge on any atom is 0.177 e. The Hall–Kier alpha value is -2.02. The third kappa shape index (κ3) is 2.51. The number of Topliss-reactive ketones (excluding diaryl/α,β-unsaturated/α-hetero) is 2. The number of carbonyl (C=O) groups is 2. The van der Waals surface area contributed by atoms with Crippen molar-refractivity contribution in [3.05, 3.63) is 35.6 Å². The fourth-order valence-electron chi connectivity index (χ4n) is 1.36. The summed E-state index contributed by atoms with van der Waals surface area (Å²) < 4.78 is 13.3. The number of hydrogen-bond donors (Lipinski definition) is 0. The SMILES string of the molecule is CC(=O)C(CC#N)C(=O)c1ccccc1F. The highest BCUT2D eigenvalue weighted by Gasteiger charge is 2.26. The summed E-state index contributed by atoms with van der Waals surface area (Å²) in [5, 5.41) is 8.50. The number of hydrogen-bond acceptors (Lipinski definition) is 3. The molecule has 16 heavy (non-hydrogen) atoms. The molecule has 0 radical (unpaired) electrons. The van der Waals surface area contributed by atoms with E-state index in [1.165, 1.54) is 25.1 Å². The smallest absolute Gasteiger partial charge is 0.177 e. The van der Waals surface area contributed by atoms with E-state index in [-0.39, 0.29) is 12.0 Å². The Morgan fingerprint density at radius 3 is 2.56 bits per heavy atom. The van der Waals surface area contributed by atoms with E-state index in [2.05, 4.69) is 0 Å². The van der Waals surface area contributed by atoms with Crippen molar-refractivity contribution in [3.8, 4) is 6.07 Å². The minimum absolute atomic E-state index is 0.141. The van der Waals surface area contributed by atoms with Gasteiger partial charge in [-0.15, -0.1) is 0 Å². The van der Waals surface area contributed by atoms with Crippen LogP contribution in [0.5, 0.6) is 0 Å². The summed E-state index contributed by atoms with van der Waals surface area (Å²) in [6, 6.07) is 7.19. The highest BCUT2D eigenvalue weighted by Crippen LogP contribution is 2.16. The van der Waals surface area contributed by atoms with Crippen molar-refractivity contribution < 1.29 is 14.0 Å². The van der Waals surface area contributed by atoms with Crippen LogP contribution in [0.25, 0.3) is 0 Å². The number of halogens is 1. The fourth-order valence-corrected chi connectivity index (χ4v) is 1.36. The minimum Gasteiger partial charge on any atom is -0.299 e. The van der Waals surface area contributed by atoms with Gasteiger partial charge in [-0.05, 0) is 19.1 Å². The van der Waals surface area contributed by atoms with Gasteiger partial charge in [0, 0.05) is 0 Å². The second-order valence-corrected chi connectivity index (χ2v) is 3.37. The van der Waals surface area contributed by atoms with E-state index in [0.29, 0.717) is 0 Å². The molecular formula is C12H10FNO2. The summed E-state index contributed by atoms with van der Waals surface area (Å²) in [5.41, 5.74) is -0.141. The van der Waals surface area contributed by atoms with Gasteiger partial charge in [-0.3, -0.25) is 9.59 Å². The molecule has 1 rings (SSSR count). The van der Waals surface area contributed by atoms with Crippen molar-refractivity contribution in [3.63, 3.8) is 0 Å². The predicted molar refractivity (Wildman–Crippen MR) is 55.1 cm³/mol. The number of nitrogens with zero attached hydrogens (tertiary/aromatic N) is 1. The molecule has 0 heterocycles. The Morgan fingerprint density at radius 2 is 2.06 bits per heavy atom. The first-order chi connectivity index (χ1) is 7.57. The average molecular weight is 219 g/mol. The average Bonchev–Trinajstić information content (AvgIpc) is 2.25. The maximum atomic E-state index is 13.3. The summed E-state index contributed by atoms with van der Waals surface area (Å²) in [7, 11) is 0. The molecule has 0 aliphatic carbocycles. The van der Waals surface area contributed by atoms with Crippen LogP contribution >= 0.6 is 0 Å². The van der Waals surface area contributed by atoms with Crippen LogP contribution in [-0.4, -0.2) is 11.6 Å². The zero-order chi connectivity index (χ0) is 12.1. The molecule has 1 aromatic carbocycles. The molecular weight excluding hydrogens is 209 g/mol. The van der Waals surface area contributed by atoms with Gasteiger partial charge in [0.25, 0.3) is 0 Å². The molecule has 0 amide bonds. The van der Waals surface area contributed by atoms with Gasteiger partial charge in [-0.25, -0.2) is 4.39 Å². The van der Waals surface area contributed by atoms with Crippen molar-refractivity contribution >= 4 is 11.6 Å². The van der Waals surface area contributed by atoms with E-state index >= 15 is 0 Å². The lowest BCUT2D eigenvalue weighted by Gasteiger charge is -2.09. The van der Waals surface area contributed by atoms with Gasteiger partial charge < -0.3 is 0 Å². The first kappa shape index (κ1) is 12.1. The van der Waals surface area contributed by atoms with Gasteiger partial charge in [-0.1, -0.05) is 12.1 Å². The molecule has 1 aromatic rings. The molecule has 0 aliphatic rings. The van der Waals surface area contributed by atoms with Gasteiger partial charge in [0.05, 0.1) is 24.0 Å². The second kappa shape index (κ2) is 5.17. The van der Waals surface area contributed by atoms with Crippen molar-refractivity contribution in [1.29, 1.82) is 5.26 Å². The second-order valence-electron chi connectivity index (χ2n) is 3.37. The lowest BCUT2D eigenvalue weighted by Crippen LogP contribution is -2.22. The summed E-state index contributed by atoms with van der Waals surface area (Å²) in [6.45, 7) is 1.22.